The van der Waals surface area contributed by atoms with Crippen LogP contribution in [0.3, 0.4) is 0 Å². The molecule has 0 aliphatic heterocycles. The molecule has 0 aliphatic carbocycles. The van der Waals surface area contributed by atoms with E-state index in [1.807, 2.05) is 0 Å². The van der Waals surface area contributed by atoms with E-state index in [0.717, 1.165) is 0 Å². The van der Waals surface area contributed by atoms with Crippen LogP contribution >= 0.6 is 0 Å². The van der Waals surface area contributed by atoms with E-state index < -0.39 is 11.9 Å². The first-order valence-electron chi connectivity index (χ1n) is 5.20. The second-order valence-corrected chi connectivity index (χ2v) is 3.64. The number of carbonyl (C=O) groups is 2. The Bertz CT molecular complexity index is 496. The highest BCUT2D eigenvalue weighted by atomic mass is 16.6. The number of rotatable bonds is 3. The molecule has 6 nitrogen and oxygen atoms in total. The van der Waals surface area contributed by atoms with E-state index >= 15 is 0 Å². The van der Waals surface area contributed by atoms with Gasteiger partial charge in [0.2, 0.25) is 0 Å². The van der Waals surface area contributed by atoms with Gasteiger partial charge in [-0.25, -0.2) is 0 Å². The SMILES string of the molecule is COc1c(OC(C)=O)cc(N)c(OC(C)=O)c1C. The molecule has 1 aromatic carbocycles. The molecule has 0 bridgehead atoms. The van der Waals surface area contributed by atoms with Crippen LogP contribution in [0, 0.1) is 6.92 Å². The lowest BCUT2D eigenvalue weighted by atomic mass is 10.1. The summed E-state index contributed by atoms with van der Waals surface area (Å²) in [6.07, 6.45) is 0. The summed E-state index contributed by atoms with van der Waals surface area (Å²) in [6.45, 7) is 4.19. The highest BCUT2D eigenvalue weighted by Gasteiger charge is 2.19. The Hall–Kier alpha value is -2.24. The van der Waals surface area contributed by atoms with Crippen LogP contribution in [-0.2, 0) is 9.59 Å². The zero-order valence-electron chi connectivity index (χ0n) is 10.7. The fraction of sp³-hybridized carbons (Fsp3) is 0.333. The summed E-state index contributed by atoms with van der Waals surface area (Å²) in [7, 11) is 1.42. The number of carbonyl (C=O) groups excluding carboxylic acids is 2. The van der Waals surface area contributed by atoms with Crippen LogP contribution in [0.4, 0.5) is 5.69 Å². The van der Waals surface area contributed by atoms with Gasteiger partial charge in [0, 0.05) is 25.5 Å². The van der Waals surface area contributed by atoms with Gasteiger partial charge in [0.15, 0.2) is 17.2 Å². The van der Waals surface area contributed by atoms with Gasteiger partial charge in [-0.1, -0.05) is 0 Å². The number of hydrogen-bond donors (Lipinski definition) is 1. The van der Waals surface area contributed by atoms with Gasteiger partial charge in [0.25, 0.3) is 0 Å². The second kappa shape index (κ2) is 5.39. The molecule has 6 heteroatoms. The van der Waals surface area contributed by atoms with Crippen LogP contribution < -0.4 is 19.9 Å². The Morgan fingerprint density at radius 1 is 1.11 bits per heavy atom. The van der Waals surface area contributed by atoms with Gasteiger partial charge < -0.3 is 19.9 Å². The predicted molar refractivity (Wildman–Crippen MR) is 64.8 cm³/mol. The highest BCUT2D eigenvalue weighted by Crippen LogP contribution is 2.41. The molecule has 0 unspecified atom stereocenters. The van der Waals surface area contributed by atoms with Crippen molar-refractivity contribution >= 4 is 17.6 Å². The van der Waals surface area contributed by atoms with Gasteiger partial charge in [-0.3, -0.25) is 9.59 Å². The predicted octanol–water partition coefficient (Wildman–Crippen LogP) is 1.44. The molecule has 98 valence electrons. The van der Waals surface area contributed by atoms with Crippen molar-refractivity contribution in [2.75, 3.05) is 12.8 Å². The molecule has 1 rings (SSSR count). The van der Waals surface area contributed by atoms with Gasteiger partial charge in [0.1, 0.15) is 0 Å². The number of esters is 2. The molecule has 0 aliphatic rings. The summed E-state index contributed by atoms with van der Waals surface area (Å²) in [6, 6.07) is 1.38. The van der Waals surface area contributed by atoms with E-state index in [4.69, 9.17) is 19.9 Å². The van der Waals surface area contributed by atoms with E-state index in [1.165, 1.54) is 27.0 Å². The molecule has 1 aromatic rings. The van der Waals surface area contributed by atoms with Crippen LogP contribution in [0.25, 0.3) is 0 Å². The summed E-state index contributed by atoms with van der Waals surface area (Å²) in [5, 5.41) is 0. The van der Waals surface area contributed by atoms with E-state index in [1.54, 1.807) is 6.92 Å². The topological polar surface area (TPSA) is 87.8 Å². The molecule has 0 saturated carbocycles. The largest absolute Gasteiger partial charge is 0.492 e. The lowest BCUT2D eigenvalue weighted by molar-refractivity contribution is -0.133. The maximum Gasteiger partial charge on any atom is 0.308 e. The first-order chi connectivity index (χ1) is 8.36. The molecule has 0 saturated heterocycles. The van der Waals surface area contributed by atoms with Gasteiger partial charge in [-0.2, -0.15) is 0 Å². The van der Waals surface area contributed by atoms with E-state index in [2.05, 4.69) is 0 Å². The summed E-state index contributed by atoms with van der Waals surface area (Å²) in [5.74, 6) is -0.291. The standard InChI is InChI=1S/C12H15NO5/c1-6-11(18-8(3)15)9(13)5-10(12(6)16-4)17-7(2)14/h5H,13H2,1-4H3. The second-order valence-electron chi connectivity index (χ2n) is 3.64. The number of nitrogens with two attached hydrogens (primary N) is 1. The minimum atomic E-state index is -0.493. The molecule has 0 fully saturated rings. The maximum absolute atomic E-state index is 11.0. The minimum Gasteiger partial charge on any atom is -0.492 e. The number of anilines is 1. The number of nitrogen functional groups attached to an aromatic ring is 1. The molecular weight excluding hydrogens is 238 g/mol. The van der Waals surface area contributed by atoms with Gasteiger partial charge >= 0.3 is 11.9 Å². The van der Waals surface area contributed by atoms with Crippen molar-refractivity contribution in [3.63, 3.8) is 0 Å². The molecule has 2 N–H and O–H groups in total. The molecule has 0 aromatic heterocycles. The summed E-state index contributed by atoms with van der Waals surface area (Å²) in [5.41, 5.74) is 6.43. The molecular formula is C12H15NO5. The Labute approximate surface area is 105 Å². The molecule has 0 spiro atoms. The lowest BCUT2D eigenvalue weighted by Gasteiger charge is -2.15. The van der Waals surface area contributed by atoms with Crippen molar-refractivity contribution < 1.29 is 23.8 Å². The van der Waals surface area contributed by atoms with Crippen molar-refractivity contribution in [3.8, 4) is 17.2 Å². The monoisotopic (exact) mass is 253 g/mol. The average Bonchev–Trinajstić information content (AvgIpc) is 2.23. The number of ether oxygens (including phenoxy) is 3. The van der Waals surface area contributed by atoms with Crippen LogP contribution in [-0.4, -0.2) is 19.0 Å². The molecule has 0 radical (unpaired) electrons. The van der Waals surface area contributed by atoms with Crippen molar-refractivity contribution in [1.29, 1.82) is 0 Å². The zero-order chi connectivity index (χ0) is 13.9. The fourth-order valence-electron chi connectivity index (χ4n) is 1.54. The third-order valence-electron chi connectivity index (χ3n) is 2.16. The first-order valence-corrected chi connectivity index (χ1v) is 5.20. The van der Waals surface area contributed by atoms with Crippen molar-refractivity contribution in [2.24, 2.45) is 0 Å². The van der Waals surface area contributed by atoms with Crippen molar-refractivity contribution in [2.45, 2.75) is 20.8 Å². The van der Waals surface area contributed by atoms with Gasteiger partial charge in [-0.05, 0) is 6.92 Å². The minimum absolute atomic E-state index is 0.191. The third kappa shape index (κ3) is 2.91. The van der Waals surface area contributed by atoms with E-state index in [0.29, 0.717) is 11.3 Å². The molecule has 18 heavy (non-hydrogen) atoms. The first kappa shape index (κ1) is 13.8. The zero-order valence-corrected chi connectivity index (χ0v) is 10.7. The van der Waals surface area contributed by atoms with Crippen LogP contribution in [0.2, 0.25) is 0 Å². The quantitative estimate of drug-likeness (QED) is 0.498. The lowest BCUT2D eigenvalue weighted by Crippen LogP contribution is -2.09. The average molecular weight is 253 g/mol. The van der Waals surface area contributed by atoms with Crippen molar-refractivity contribution in [3.05, 3.63) is 11.6 Å². The smallest absolute Gasteiger partial charge is 0.308 e. The van der Waals surface area contributed by atoms with Crippen molar-refractivity contribution in [1.82, 2.24) is 0 Å². The molecule has 0 heterocycles. The van der Waals surface area contributed by atoms with E-state index in [9.17, 15) is 9.59 Å². The van der Waals surface area contributed by atoms with Crippen LogP contribution in [0.1, 0.15) is 19.4 Å². The summed E-state index contributed by atoms with van der Waals surface area (Å²) < 4.78 is 15.1. The van der Waals surface area contributed by atoms with Crippen LogP contribution in [0.15, 0.2) is 6.07 Å². The maximum atomic E-state index is 11.0. The molecule has 0 atom stereocenters. The Morgan fingerprint density at radius 3 is 2.11 bits per heavy atom. The summed E-state index contributed by atoms with van der Waals surface area (Å²) >= 11 is 0. The summed E-state index contributed by atoms with van der Waals surface area (Å²) in [4.78, 5) is 21.9. The van der Waals surface area contributed by atoms with Gasteiger partial charge in [-0.15, -0.1) is 0 Å². The number of methoxy groups -OCH3 is 1. The Morgan fingerprint density at radius 2 is 1.67 bits per heavy atom. The number of benzene rings is 1. The fourth-order valence-corrected chi connectivity index (χ4v) is 1.54. The van der Waals surface area contributed by atoms with Crippen LogP contribution in [0.5, 0.6) is 17.2 Å². The van der Waals surface area contributed by atoms with E-state index in [-0.39, 0.29) is 17.2 Å². The number of hydrogen-bond acceptors (Lipinski definition) is 6. The normalized spacial score (nSPS) is 9.78. The Kier molecular flexibility index (Phi) is 4.14. The van der Waals surface area contributed by atoms with Gasteiger partial charge in [0.05, 0.1) is 12.8 Å². The third-order valence-corrected chi connectivity index (χ3v) is 2.16. The molecule has 0 amide bonds. The Balaban J connectivity index is 3.34. The highest BCUT2D eigenvalue weighted by molar-refractivity contribution is 5.78.